The third-order valence-electron chi connectivity index (χ3n) is 4.88. The molecule has 0 N–H and O–H groups in total. The second kappa shape index (κ2) is 7.84. The van der Waals surface area contributed by atoms with Crippen molar-refractivity contribution in [3.63, 3.8) is 0 Å². The van der Waals surface area contributed by atoms with Gasteiger partial charge in [0.1, 0.15) is 0 Å². The molecule has 0 atom stereocenters. The van der Waals surface area contributed by atoms with E-state index in [1.165, 1.54) is 0 Å². The zero-order valence-corrected chi connectivity index (χ0v) is 16.0. The monoisotopic (exact) mass is 368 g/mol. The largest absolute Gasteiger partial charge is 0.353 e. The van der Waals surface area contributed by atoms with E-state index in [0.29, 0.717) is 32.6 Å². The fraction of sp³-hybridized carbons (Fsp3) is 0.750. The number of nitrogens with zero attached hydrogens (tertiary/aromatic N) is 6. The summed E-state index contributed by atoms with van der Waals surface area (Å²) in [5.41, 5.74) is 0. The Morgan fingerprint density at radius 2 is 1.36 bits per heavy atom. The minimum Gasteiger partial charge on any atom is -0.353 e. The molecule has 140 valence electrons. The molecule has 3 heterocycles. The average molecular weight is 369 g/mol. The third-order valence-corrected chi connectivity index (χ3v) is 6.96. The van der Waals surface area contributed by atoms with Crippen molar-refractivity contribution in [1.29, 1.82) is 0 Å². The fourth-order valence-electron chi connectivity index (χ4n) is 3.27. The van der Waals surface area contributed by atoms with Crippen LogP contribution < -0.4 is 9.80 Å². The molecule has 8 nitrogen and oxygen atoms in total. The summed E-state index contributed by atoms with van der Waals surface area (Å²) >= 11 is 0. The second-order valence-corrected chi connectivity index (χ2v) is 8.83. The number of aromatic nitrogens is 2. The summed E-state index contributed by atoms with van der Waals surface area (Å²) in [7, 11) is -0.973. The van der Waals surface area contributed by atoms with Crippen molar-refractivity contribution >= 4 is 21.7 Å². The molecule has 2 aliphatic heterocycles. The Labute approximate surface area is 150 Å². The van der Waals surface area contributed by atoms with E-state index in [1.54, 1.807) is 4.31 Å². The molecule has 0 unspecified atom stereocenters. The first-order chi connectivity index (χ1) is 12.0. The van der Waals surface area contributed by atoms with Crippen molar-refractivity contribution in [1.82, 2.24) is 19.4 Å². The van der Waals surface area contributed by atoms with E-state index < -0.39 is 10.0 Å². The van der Waals surface area contributed by atoms with Crippen LogP contribution in [0.2, 0.25) is 0 Å². The minimum atomic E-state index is -3.10. The molecule has 0 amide bonds. The van der Waals surface area contributed by atoms with Crippen LogP contribution in [0.1, 0.15) is 13.3 Å². The summed E-state index contributed by atoms with van der Waals surface area (Å²) in [4.78, 5) is 6.68. The smallest absolute Gasteiger partial charge is 0.214 e. The molecule has 9 heteroatoms. The minimum absolute atomic E-state index is 0.229. The van der Waals surface area contributed by atoms with Crippen LogP contribution in [0, 0.1) is 0 Å². The number of hydrogen-bond acceptors (Lipinski definition) is 7. The zero-order valence-electron chi connectivity index (χ0n) is 15.1. The van der Waals surface area contributed by atoms with Crippen molar-refractivity contribution in [2.75, 3.05) is 75.0 Å². The molecule has 0 saturated carbocycles. The molecule has 2 saturated heterocycles. The Balaban J connectivity index is 1.57. The van der Waals surface area contributed by atoms with Gasteiger partial charge in [-0.15, -0.1) is 10.2 Å². The molecule has 1 aromatic rings. The molecular weight excluding hydrogens is 340 g/mol. The van der Waals surface area contributed by atoms with Gasteiger partial charge in [-0.2, -0.15) is 4.31 Å². The number of rotatable bonds is 5. The van der Waals surface area contributed by atoms with E-state index in [9.17, 15) is 8.42 Å². The first-order valence-corrected chi connectivity index (χ1v) is 10.6. The van der Waals surface area contributed by atoms with Gasteiger partial charge in [-0.3, -0.25) is 0 Å². The Kier molecular flexibility index (Phi) is 5.75. The van der Waals surface area contributed by atoms with Crippen LogP contribution in [0.3, 0.4) is 0 Å². The van der Waals surface area contributed by atoms with Crippen molar-refractivity contribution in [2.24, 2.45) is 0 Å². The van der Waals surface area contributed by atoms with E-state index in [1.807, 2.05) is 19.1 Å². The molecule has 0 aliphatic carbocycles. The summed E-state index contributed by atoms with van der Waals surface area (Å²) < 4.78 is 25.9. The van der Waals surface area contributed by atoms with E-state index >= 15 is 0 Å². The molecule has 0 spiro atoms. The summed E-state index contributed by atoms with van der Waals surface area (Å²) in [5, 5.41) is 8.76. The summed E-state index contributed by atoms with van der Waals surface area (Å²) in [5.74, 6) is 1.97. The van der Waals surface area contributed by atoms with Crippen LogP contribution in [0.15, 0.2) is 12.1 Å². The van der Waals surface area contributed by atoms with Gasteiger partial charge < -0.3 is 14.7 Å². The highest BCUT2D eigenvalue weighted by molar-refractivity contribution is 7.89. The Hall–Kier alpha value is -1.45. The normalized spacial score (nSPS) is 20.9. The highest BCUT2D eigenvalue weighted by atomic mass is 32.2. The summed E-state index contributed by atoms with van der Waals surface area (Å²) in [6.45, 7) is 8.27. The molecule has 2 fully saturated rings. The van der Waals surface area contributed by atoms with Gasteiger partial charge in [0.15, 0.2) is 11.6 Å². The zero-order chi connectivity index (χ0) is 17.9. The Morgan fingerprint density at radius 1 is 0.880 bits per heavy atom. The summed E-state index contributed by atoms with van der Waals surface area (Å²) in [6, 6.07) is 4.02. The molecule has 3 rings (SSSR count). The number of likely N-dealkylation sites (N-methyl/N-ethyl adjacent to an activating group) is 1. The van der Waals surface area contributed by atoms with Crippen molar-refractivity contribution in [2.45, 2.75) is 13.3 Å². The van der Waals surface area contributed by atoms with Gasteiger partial charge in [-0.1, -0.05) is 6.92 Å². The van der Waals surface area contributed by atoms with Gasteiger partial charge >= 0.3 is 0 Å². The lowest BCUT2D eigenvalue weighted by Gasteiger charge is -2.35. The van der Waals surface area contributed by atoms with Gasteiger partial charge in [-0.05, 0) is 25.6 Å². The summed E-state index contributed by atoms with van der Waals surface area (Å²) in [6.07, 6.45) is 0.655. The Morgan fingerprint density at radius 3 is 1.80 bits per heavy atom. The highest BCUT2D eigenvalue weighted by Crippen LogP contribution is 2.18. The Bertz CT molecular complexity index is 650. The van der Waals surface area contributed by atoms with Crippen molar-refractivity contribution in [3.8, 4) is 0 Å². The first-order valence-electron chi connectivity index (χ1n) is 8.99. The lowest BCUT2D eigenvalue weighted by molar-refractivity contribution is 0.312. The highest BCUT2D eigenvalue weighted by Gasteiger charge is 2.27. The van der Waals surface area contributed by atoms with Gasteiger partial charge in [0.05, 0.1) is 5.75 Å². The number of sulfonamides is 1. The van der Waals surface area contributed by atoms with Gasteiger partial charge in [-0.25, -0.2) is 8.42 Å². The lowest BCUT2D eigenvalue weighted by Crippen LogP contribution is -2.49. The lowest BCUT2D eigenvalue weighted by atomic mass is 10.3. The molecule has 1 aromatic heterocycles. The van der Waals surface area contributed by atoms with Crippen LogP contribution >= 0.6 is 0 Å². The van der Waals surface area contributed by atoms with E-state index in [-0.39, 0.29) is 5.75 Å². The van der Waals surface area contributed by atoms with Gasteiger partial charge in [0.2, 0.25) is 10.0 Å². The molecule has 0 bridgehead atoms. The second-order valence-electron chi connectivity index (χ2n) is 6.74. The molecule has 25 heavy (non-hydrogen) atoms. The molecule has 0 radical (unpaired) electrons. The quantitative estimate of drug-likeness (QED) is 0.729. The topological polar surface area (TPSA) is 72.9 Å². The predicted molar refractivity (Wildman–Crippen MR) is 99.6 cm³/mol. The SMILES string of the molecule is CCCS(=O)(=O)N1CCN(c2ccc(N3CCN(C)CC3)nn2)CC1. The van der Waals surface area contributed by atoms with Gasteiger partial charge in [0.25, 0.3) is 0 Å². The molecule has 2 aliphatic rings. The van der Waals surface area contributed by atoms with Crippen LogP contribution in [-0.4, -0.2) is 93.0 Å². The standard InChI is InChI=1S/C16H28N6O2S/c1-3-14-25(23,24)22-12-10-21(11-13-22)16-5-4-15(17-18-16)20-8-6-19(2)7-9-20/h4-5H,3,6-14H2,1-2H3. The van der Waals surface area contributed by atoms with Crippen LogP contribution in [0.5, 0.6) is 0 Å². The van der Waals surface area contributed by atoms with Gasteiger partial charge in [0, 0.05) is 52.4 Å². The van der Waals surface area contributed by atoms with E-state index in [0.717, 1.165) is 37.8 Å². The van der Waals surface area contributed by atoms with Crippen molar-refractivity contribution < 1.29 is 8.42 Å². The molecule has 0 aromatic carbocycles. The predicted octanol–water partition coefficient (Wildman–Crippen LogP) is 0.0902. The average Bonchev–Trinajstić information content (AvgIpc) is 2.63. The number of piperazine rings is 2. The maximum atomic E-state index is 12.1. The number of anilines is 2. The van der Waals surface area contributed by atoms with E-state index in [4.69, 9.17) is 0 Å². The molecular formula is C16H28N6O2S. The first kappa shape index (κ1) is 18.3. The van der Waals surface area contributed by atoms with Crippen LogP contribution in [0.25, 0.3) is 0 Å². The van der Waals surface area contributed by atoms with Crippen molar-refractivity contribution in [3.05, 3.63) is 12.1 Å². The third kappa shape index (κ3) is 4.39. The maximum Gasteiger partial charge on any atom is 0.214 e. The van der Waals surface area contributed by atoms with Crippen LogP contribution in [0.4, 0.5) is 11.6 Å². The number of hydrogen-bond donors (Lipinski definition) is 0. The maximum absolute atomic E-state index is 12.1. The van der Waals surface area contributed by atoms with Crippen LogP contribution in [-0.2, 0) is 10.0 Å². The van der Waals surface area contributed by atoms with E-state index in [2.05, 4.69) is 31.9 Å². The fourth-order valence-corrected chi connectivity index (χ4v) is 4.77.